The van der Waals surface area contributed by atoms with Crippen molar-refractivity contribution < 1.29 is 28.5 Å². The number of terminal acetylenes is 1. The fraction of sp³-hybridized carbons (Fsp3) is 0.286. The second-order valence-corrected chi connectivity index (χ2v) is 8.76. The third-order valence-corrected chi connectivity index (χ3v) is 6.54. The molecule has 2 aromatic carbocycles. The molecule has 9 heteroatoms. The van der Waals surface area contributed by atoms with Crippen molar-refractivity contribution in [3.8, 4) is 51.9 Å². The van der Waals surface area contributed by atoms with Gasteiger partial charge < -0.3 is 29.0 Å². The van der Waals surface area contributed by atoms with Gasteiger partial charge in [-0.3, -0.25) is 4.79 Å². The Kier molecular flexibility index (Phi) is 10.2. The van der Waals surface area contributed by atoms with Gasteiger partial charge in [0.1, 0.15) is 12.7 Å². The van der Waals surface area contributed by atoms with E-state index in [2.05, 4.69) is 11.2 Å². The first-order valence-corrected chi connectivity index (χ1v) is 12.2. The maximum Gasteiger partial charge on any atom is 0.254 e. The van der Waals surface area contributed by atoms with Gasteiger partial charge in [-0.1, -0.05) is 12.0 Å². The number of hydrogen-bond acceptors (Lipinski definition) is 8. The minimum atomic E-state index is -0.841. The third kappa shape index (κ3) is 7.17. The maximum absolute atomic E-state index is 13.1. The van der Waals surface area contributed by atoms with E-state index >= 15 is 0 Å². The number of carbonyl (C=O) groups excluding carboxylic acids is 1. The van der Waals surface area contributed by atoms with E-state index in [1.807, 2.05) is 48.5 Å². The number of amides is 1. The van der Waals surface area contributed by atoms with Gasteiger partial charge in [0.05, 0.1) is 21.3 Å². The zero-order valence-electron chi connectivity index (χ0n) is 20.9. The van der Waals surface area contributed by atoms with E-state index in [1.54, 1.807) is 20.3 Å². The highest BCUT2D eigenvalue weighted by molar-refractivity contribution is 7.15. The number of rotatable bonds is 13. The summed E-state index contributed by atoms with van der Waals surface area (Å²) in [7, 11) is 4.71. The summed E-state index contributed by atoms with van der Waals surface area (Å²) in [6, 6.07) is 16.8. The van der Waals surface area contributed by atoms with Crippen LogP contribution >= 0.6 is 11.3 Å². The molecule has 3 aromatic rings. The third-order valence-electron chi connectivity index (χ3n) is 5.36. The Morgan fingerprint density at radius 2 is 1.70 bits per heavy atom. The van der Waals surface area contributed by atoms with Crippen LogP contribution in [0.3, 0.4) is 0 Å². The SMILES string of the molecule is C#CCOC(C(=O)NCCc1ccc(OCC#N)c(OC)c1)c1ccc(-c2ccc(OC)c(OC)c2)s1. The van der Waals surface area contributed by atoms with Crippen LogP contribution in [-0.4, -0.2) is 47.0 Å². The van der Waals surface area contributed by atoms with Gasteiger partial charge in [-0.15, -0.1) is 17.8 Å². The normalized spacial score (nSPS) is 11.1. The molecule has 0 aliphatic heterocycles. The predicted molar refractivity (Wildman–Crippen MR) is 141 cm³/mol. The van der Waals surface area contributed by atoms with Gasteiger partial charge in [0.15, 0.2) is 35.7 Å². The fourth-order valence-electron chi connectivity index (χ4n) is 3.58. The van der Waals surface area contributed by atoms with Crippen LogP contribution in [-0.2, 0) is 16.0 Å². The molecule has 192 valence electrons. The number of nitriles is 1. The quantitative estimate of drug-likeness (QED) is 0.334. The highest BCUT2D eigenvalue weighted by atomic mass is 32.1. The molecule has 0 aliphatic rings. The molecule has 37 heavy (non-hydrogen) atoms. The Morgan fingerprint density at radius 3 is 2.41 bits per heavy atom. The zero-order chi connectivity index (χ0) is 26.6. The molecule has 1 unspecified atom stereocenters. The fourth-order valence-corrected chi connectivity index (χ4v) is 4.63. The number of nitrogens with one attached hydrogen (secondary N) is 1. The largest absolute Gasteiger partial charge is 0.493 e. The molecule has 0 fully saturated rings. The van der Waals surface area contributed by atoms with Crippen LogP contribution in [0.25, 0.3) is 10.4 Å². The molecule has 8 nitrogen and oxygen atoms in total. The van der Waals surface area contributed by atoms with Gasteiger partial charge in [0.25, 0.3) is 5.91 Å². The molecule has 3 rings (SSSR count). The lowest BCUT2D eigenvalue weighted by Crippen LogP contribution is -2.32. The zero-order valence-corrected chi connectivity index (χ0v) is 21.7. The van der Waals surface area contributed by atoms with Crippen molar-refractivity contribution in [1.29, 1.82) is 5.26 Å². The first-order valence-electron chi connectivity index (χ1n) is 11.4. The number of hydrogen-bond donors (Lipinski definition) is 1. The van der Waals surface area contributed by atoms with Crippen LogP contribution in [0, 0.1) is 23.7 Å². The molecule has 0 bridgehead atoms. The highest BCUT2D eigenvalue weighted by Gasteiger charge is 2.23. The van der Waals surface area contributed by atoms with E-state index in [9.17, 15) is 4.79 Å². The molecular weight excluding hydrogens is 492 g/mol. The predicted octanol–water partition coefficient (Wildman–Crippen LogP) is 4.39. The summed E-state index contributed by atoms with van der Waals surface area (Å²) in [5, 5.41) is 11.6. The summed E-state index contributed by atoms with van der Waals surface area (Å²) in [5.74, 6) is 4.42. The van der Waals surface area contributed by atoms with E-state index in [4.69, 9.17) is 35.4 Å². The first kappa shape index (κ1) is 27.4. The number of carbonyl (C=O) groups is 1. The molecule has 0 spiro atoms. The van der Waals surface area contributed by atoms with Crippen molar-refractivity contribution in [3.05, 3.63) is 59.0 Å². The van der Waals surface area contributed by atoms with Crippen LogP contribution in [0.1, 0.15) is 16.5 Å². The van der Waals surface area contributed by atoms with Crippen molar-refractivity contribution in [1.82, 2.24) is 5.32 Å². The molecular formula is C28H28N2O6S. The Hall–Kier alpha value is -4.18. The van der Waals surface area contributed by atoms with Gasteiger partial charge in [0, 0.05) is 16.3 Å². The van der Waals surface area contributed by atoms with Crippen molar-refractivity contribution in [2.75, 3.05) is 41.1 Å². The van der Waals surface area contributed by atoms with Crippen LogP contribution < -0.4 is 24.3 Å². The van der Waals surface area contributed by atoms with E-state index in [0.717, 1.165) is 20.9 Å². The number of nitrogens with zero attached hydrogens (tertiary/aromatic N) is 1. The molecule has 0 aliphatic carbocycles. The smallest absolute Gasteiger partial charge is 0.254 e. The van der Waals surface area contributed by atoms with Crippen LogP contribution in [0.4, 0.5) is 0 Å². The minimum absolute atomic E-state index is 0.00301. The molecule has 1 heterocycles. The topological polar surface area (TPSA) is 99.0 Å². The molecule has 0 radical (unpaired) electrons. The number of methoxy groups -OCH3 is 3. The Labute approximate surface area is 220 Å². The molecule has 1 aromatic heterocycles. The lowest BCUT2D eigenvalue weighted by molar-refractivity contribution is -0.132. The average molecular weight is 521 g/mol. The standard InChI is InChI=1S/C28H28N2O6S/c1-5-15-36-27(26-11-10-25(37-26)20-7-9-21(32-2)24(18-20)34-4)28(31)30-14-12-19-6-8-22(35-16-13-29)23(17-19)33-3/h1,6-11,17-18,27H,12,14-16H2,2-4H3,(H,30,31). The van der Waals surface area contributed by atoms with Crippen molar-refractivity contribution in [2.24, 2.45) is 0 Å². The lowest BCUT2D eigenvalue weighted by Gasteiger charge is -2.16. The van der Waals surface area contributed by atoms with Crippen LogP contribution in [0.15, 0.2) is 48.5 Å². The van der Waals surface area contributed by atoms with E-state index in [1.165, 1.54) is 18.4 Å². The van der Waals surface area contributed by atoms with Crippen LogP contribution in [0.5, 0.6) is 23.0 Å². The second kappa shape index (κ2) is 13.8. The molecule has 0 saturated heterocycles. The van der Waals surface area contributed by atoms with Gasteiger partial charge in [0.2, 0.25) is 0 Å². The minimum Gasteiger partial charge on any atom is -0.493 e. The summed E-state index contributed by atoms with van der Waals surface area (Å²) < 4.78 is 27.1. The lowest BCUT2D eigenvalue weighted by atomic mass is 10.1. The monoisotopic (exact) mass is 520 g/mol. The highest BCUT2D eigenvalue weighted by Crippen LogP contribution is 2.37. The summed E-state index contributed by atoms with van der Waals surface area (Å²) in [4.78, 5) is 14.7. The van der Waals surface area contributed by atoms with E-state index in [-0.39, 0.29) is 19.1 Å². The Bertz CT molecular complexity index is 1290. The summed E-state index contributed by atoms with van der Waals surface area (Å²) in [5.41, 5.74) is 1.87. The van der Waals surface area contributed by atoms with Gasteiger partial charge >= 0.3 is 0 Å². The summed E-state index contributed by atoms with van der Waals surface area (Å²) >= 11 is 1.44. The van der Waals surface area contributed by atoms with Gasteiger partial charge in [-0.2, -0.15) is 5.26 Å². The molecule has 1 N–H and O–H groups in total. The summed E-state index contributed by atoms with van der Waals surface area (Å²) in [6.45, 7) is 0.314. The van der Waals surface area contributed by atoms with Gasteiger partial charge in [-0.25, -0.2) is 0 Å². The number of benzene rings is 2. The van der Waals surface area contributed by atoms with E-state index < -0.39 is 6.10 Å². The van der Waals surface area contributed by atoms with Crippen molar-refractivity contribution >= 4 is 17.2 Å². The average Bonchev–Trinajstić information content (AvgIpc) is 3.42. The number of ether oxygens (including phenoxy) is 5. The second-order valence-electron chi connectivity index (χ2n) is 7.64. The molecule has 0 saturated carbocycles. The van der Waals surface area contributed by atoms with E-state index in [0.29, 0.717) is 36.0 Å². The van der Waals surface area contributed by atoms with Crippen molar-refractivity contribution in [3.63, 3.8) is 0 Å². The molecule has 1 amide bonds. The Balaban J connectivity index is 1.69. The molecule has 1 atom stereocenters. The maximum atomic E-state index is 13.1. The van der Waals surface area contributed by atoms with Gasteiger partial charge in [-0.05, 0) is 60.0 Å². The first-order chi connectivity index (χ1) is 18.0. The Morgan fingerprint density at radius 1 is 0.973 bits per heavy atom. The van der Waals surface area contributed by atoms with Crippen molar-refractivity contribution in [2.45, 2.75) is 12.5 Å². The number of thiophene rings is 1. The summed E-state index contributed by atoms with van der Waals surface area (Å²) in [6.07, 6.45) is 5.11. The van der Waals surface area contributed by atoms with Crippen LogP contribution in [0.2, 0.25) is 0 Å².